The fourth-order valence-electron chi connectivity index (χ4n) is 19.0. The molecule has 31 heteroatoms. The number of fused-ring (bicyclic) bond motifs is 7. The number of rotatable bonds is 16. The van der Waals surface area contributed by atoms with Crippen molar-refractivity contribution >= 4 is 5.97 Å². The maximum Gasteiger partial charge on any atom is 0.315 e. The van der Waals surface area contributed by atoms with E-state index >= 15 is 4.79 Å². The van der Waals surface area contributed by atoms with Gasteiger partial charge in [-0.25, -0.2) is 0 Å². The lowest BCUT2D eigenvalue weighted by Gasteiger charge is -2.71. The van der Waals surface area contributed by atoms with Gasteiger partial charge in [-0.1, -0.05) is 53.2 Å². The van der Waals surface area contributed by atoms with Crippen molar-refractivity contribution in [2.24, 2.45) is 50.2 Å². The molecule has 11 rings (SSSR count). The highest BCUT2D eigenvalue weighted by atomic mass is 16.8. The Hall–Kier alpha value is -1.95. The van der Waals surface area contributed by atoms with Crippen molar-refractivity contribution in [2.75, 3.05) is 33.0 Å². The molecule has 6 saturated heterocycles. The fourth-order valence-corrected chi connectivity index (χ4v) is 19.0. The van der Waals surface area contributed by atoms with Crippen LogP contribution in [0.3, 0.4) is 0 Å². The van der Waals surface area contributed by atoms with Gasteiger partial charge in [-0.2, -0.15) is 0 Å². The number of hydrogen-bond donors (Lipinski definition) is 18. The number of allylic oxidation sites excluding steroid dienone is 2. The van der Waals surface area contributed by atoms with Crippen LogP contribution in [0, 0.1) is 50.2 Å². The maximum absolute atomic E-state index is 15.3. The third kappa shape index (κ3) is 12.8. The smallest absolute Gasteiger partial charge is 0.315 e. The van der Waals surface area contributed by atoms with Crippen LogP contribution in [0.15, 0.2) is 11.6 Å². The van der Waals surface area contributed by atoms with Gasteiger partial charge in [0.05, 0.1) is 56.8 Å². The summed E-state index contributed by atoms with van der Waals surface area (Å²) >= 11 is 0. The minimum atomic E-state index is -1.93. The molecule has 0 aromatic heterocycles. The van der Waals surface area contributed by atoms with Crippen molar-refractivity contribution in [1.29, 1.82) is 0 Å². The summed E-state index contributed by atoms with van der Waals surface area (Å²) < 4.78 is 71.8. The Morgan fingerprint density at radius 2 is 1.03 bits per heavy atom. The topological polar surface area (TPSA) is 492 Å². The molecule has 31 nitrogen and oxygen atoms in total. The summed E-state index contributed by atoms with van der Waals surface area (Å²) in [5, 5.41) is 196. The zero-order chi connectivity index (χ0) is 70.0. The van der Waals surface area contributed by atoms with E-state index in [1.807, 2.05) is 6.92 Å². The Labute approximate surface area is 556 Å². The second-order valence-corrected chi connectivity index (χ2v) is 31.3. The molecule has 6 aliphatic heterocycles. The predicted molar refractivity (Wildman–Crippen MR) is 321 cm³/mol. The van der Waals surface area contributed by atoms with Crippen LogP contribution in [0.5, 0.6) is 0 Å². The molecule has 0 bridgehead atoms. The van der Waals surface area contributed by atoms with Crippen LogP contribution in [0.1, 0.15) is 120 Å². The highest BCUT2D eigenvalue weighted by Crippen LogP contribution is 2.76. The van der Waals surface area contributed by atoms with E-state index in [0.29, 0.717) is 64.2 Å². The first-order valence-electron chi connectivity index (χ1n) is 34.1. The summed E-state index contributed by atoms with van der Waals surface area (Å²) in [6, 6.07) is 0. The first-order valence-corrected chi connectivity index (χ1v) is 34.1. The summed E-state index contributed by atoms with van der Waals surface area (Å²) in [7, 11) is 0. The van der Waals surface area contributed by atoms with E-state index in [1.54, 1.807) is 0 Å². The number of esters is 1. The Bertz CT molecular complexity index is 2690. The van der Waals surface area contributed by atoms with E-state index in [1.165, 1.54) is 13.8 Å². The van der Waals surface area contributed by atoms with Crippen molar-refractivity contribution in [3.05, 3.63) is 11.6 Å². The number of carbonyl (C=O) groups excluding carboxylic acids is 1. The van der Waals surface area contributed by atoms with Crippen LogP contribution >= 0.6 is 0 Å². The Morgan fingerprint density at radius 3 is 1.65 bits per heavy atom. The van der Waals surface area contributed by atoms with Crippen LogP contribution in [0.25, 0.3) is 0 Å². The van der Waals surface area contributed by atoms with Crippen molar-refractivity contribution in [3.63, 3.8) is 0 Å². The van der Waals surface area contributed by atoms with Gasteiger partial charge in [0.2, 0.25) is 6.29 Å². The van der Waals surface area contributed by atoms with Gasteiger partial charge in [-0.3, -0.25) is 4.79 Å². The lowest BCUT2D eigenvalue weighted by atomic mass is 9.33. The van der Waals surface area contributed by atoms with Crippen LogP contribution in [0.4, 0.5) is 0 Å². The highest BCUT2D eigenvalue weighted by molar-refractivity contribution is 5.79. The van der Waals surface area contributed by atoms with Gasteiger partial charge in [0, 0.05) is 5.41 Å². The predicted octanol–water partition coefficient (Wildman–Crippen LogP) is -4.72. The second kappa shape index (κ2) is 28.3. The molecule has 5 aliphatic carbocycles. The standard InChI is InChI=1S/C65H106O31/c1-25-36(69)41(74)46(79)54(87-25)92-32-23-86-58(52(40(32)73)95-56-48(81)43(76)38(71)29(20-66)89-56)93-35-12-13-61(5)33(62(35,6)24-68)11-14-64(8)34(61)10-9-27-28-19-60(3,4)15-17-65(28,18-16-63(27,64)7)59(84)96-57-49(82)44(77)39(72)31(91-57)22-85-53-50(83)45(78)51(30(21-67)90-53)94-55-47(80)42(75)37(70)26(2)88-55/h9,25-26,28-58,66-83H,10-24H2,1-8H3/t25-,26-,28-,29+,30+,31+,32-,33+,34+,35-,36-,37-,38+,39+,40-,41+,42+,43-,44-,45+,46+,47+,48+,49+,50+,51+,52+,53+,54-,55-,56-,57-,58-,61-,62-,63+,64+,65-/m0/s1. The van der Waals surface area contributed by atoms with Crippen LogP contribution in [-0.2, 0) is 61.6 Å². The molecule has 0 radical (unpaired) electrons. The van der Waals surface area contributed by atoms with Gasteiger partial charge in [0.15, 0.2) is 31.5 Å². The van der Waals surface area contributed by atoms with Crippen molar-refractivity contribution < 1.29 is 154 Å². The number of hydrogen-bond acceptors (Lipinski definition) is 31. The van der Waals surface area contributed by atoms with Crippen LogP contribution in [-0.4, -0.2) is 315 Å². The molecule has 10 fully saturated rings. The van der Waals surface area contributed by atoms with Gasteiger partial charge < -0.3 is 149 Å². The lowest BCUT2D eigenvalue weighted by molar-refractivity contribution is -0.382. The third-order valence-electron chi connectivity index (χ3n) is 25.3. The van der Waals surface area contributed by atoms with Gasteiger partial charge in [-0.05, 0) is 117 Å². The summed E-state index contributed by atoms with van der Waals surface area (Å²) in [4.78, 5) is 15.3. The molecule has 0 aromatic rings. The summed E-state index contributed by atoms with van der Waals surface area (Å²) in [5.41, 5.74) is -2.43. The second-order valence-electron chi connectivity index (χ2n) is 31.3. The normalized spacial score (nSPS) is 55.1. The number of aliphatic hydroxyl groups excluding tert-OH is 18. The summed E-state index contributed by atoms with van der Waals surface area (Å²) in [5.74, 6) is -1.12. The number of carbonyl (C=O) groups is 1. The third-order valence-corrected chi connectivity index (χ3v) is 25.3. The molecular formula is C65H106O31. The SMILES string of the molecule is C[C@@H]1O[C@@H](O[C@H]2[C@H](O)[C@@H](O)[C@H](OC[C@H]3O[C@@H](OC(=O)[C@]45CCC(C)(C)C[C@H]4C4=CC[C@@H]6[C@@]7(C)CC[C@H](O[C@@H]8OC[C@H](O[C@@H]9O[C@@H](C)[C@H](O)[C@@H](O)[C@H]9O)[C@H](O)[C@H]8O[C@@H]8O[C@H](CO)[C@@H](O)[C@H](O)[C@H]8O)[C@@](C)(CO)[C@@H]7CC[C@@]6(C)[C@]4(C)CC5)[C@H](O)[C@@H](O)[C@@H]3O)O[C@@H]2CO)[C@H](O)[C@H](O)[C@H]1O. The molecule has 0 unspecified atom stereocenters. The van der Waals surface area contributed by atoms with E-state index in [4.69, 9.17) is 56.8 Å². The van der Waals surface area contributed by atoms with Gasteiger partial charge in [0.25, 0.3) is 0 Å². The van der Waals surface area contributed by atoms with E-state index < -0.39 is 238 Å². The Morgan fingerprint density at radius 1 is 0.500 bits per heavy atom. The molecule has 0 spiro atoms. The Kier molecular flexibility index (Phi) is 22.1. The first-order chi connectivity index (χ1) is 45.1. The molecule has 38 atom stereocenters. The molecule has 11 aliphatic rings. The minimum absolute atomic E-state index is 0.0403. The quantitative estimate of drug-likeness (QED) is 0.0392. The van der Waals surface area contributed by atoms with E-state index in [2.05, 4.69) is 40.7 Å². The monoisotopic (exact) mass is 1380 g/mol. The van der Waals surface area contributed by atoms with Crippen molar-refractivity contribution in [2.45, 2.75) is 304 Å². The fraction of sp³-hybridized carbons (Fsp3) is 0.954. The lowest BCUT2D eigenvalue weighted by Crippen LogP contribution is -2.67. The minimum Gasteiger partial charge on any atom is -0.432 e. The first kappa shape index (κ1) is 75.2. The molecule has 96 heavy (non-hydrogen) atoms. The molecule has 0 amide bonds. The number of aliphatic hydroxyl groups is 18. The highest BCUT2D eigenvalue weighted by Gasteiger charge is 2.71. The van der Waals surface area contributed by atoms with E-state index in [-0.39, 0.29) is 35.2 Å². The van der Waals surface area contributed by atoms with E-state index in [9.17, 15) is 91.9 Å². The van der Waals surface area contributed by atoms with Crippen molar-refractivity contribution in [3.8, 4) is 0 Å². The van der Waals surface area contributed by atoms with Gasteiger partial charge in [-0.15, -0.1) is 0 Å². The molecule has 4 saturated carbocycles. The Balaban J connectivity index is 0.789. The summed E-state index contributed by atoms with van der Waals surface area (Å²) in [6.45, 7) is 13.1. The molecule has 18 N–H and O–H groups in total. The maximum atomic E-state index is 15.3. The zero-order valence-electron chi connectivity index (χ0n) is 55.6. The van der Waals surface area contributed by atoms with Crippen molar-refractivity contribution in [1.82, 2.24) is 0 Å². The number of ether oxygens (including phenoxy) is 12. The molecule has 6 heterocycles. The average Bonchev–Trinajstić information content (AvgIpc) is 0.675. The average molecular weight is 1380 g/mol. The van der Waals surface area contributed by atoms with Gasteiger partial charge >= 0.3 is 5.97 Å². The largest absolute Gasteiger partial charge is 0.432 e. The molecule has 552 valence electrons. The van der Waals surface area contributed by atoms with Crippen LogP contribution in [0.2, 0.25) is 0 Å². The molecular weight excluding hydrogens is 1280 g/mol. The zero-order valence-corrected chi connectivity index (χ0v) is 55.6. The summed E-state index contributed by atoms with van der Waals surface area (Å²) in [6.07, 6.45) is -40.2. The van der Waals surface area contributed by atoms with Gasteiger partial charge in [0.1, 0.15) is 128 Å². The van der Waals surface area contributed by atoms with E-state index in [0.717, 1.165) is 5.57 Å². The van der Waals surface area contributed by atoms with Crippen LogP contribution < -0.4 is 0 Å². The molecule has 0 aromatic carbocycles.